The van der Waals surface area contributed by atoms with E-state index in [-0.39, 0.29) is 12.5 Å². The van der Waals surface area contributed by atoms with Crippen LogP contribution in [0, 0.1) is 0 Å². The molecule has 5 nitrogen and oxygen atoms in total. The first kappa shape index (κ1) is 18.1. The maximum absolute atomic E-state index is 12.2. The second kappa shape index (κ2) is 8.63. The van der Waals surface area contributed by atoms with Gasteiger partial charge in [-0.05, 0) is 23.6 Å². The van der Waals surface area contributed by atoms with E-state index in [1.807, 2.05) is 36.4 Å². The van der Waals surface area contributed by atoms with Gasteiger partial charge in [0.05, 0.1) is 11.9 Å². The van der Waals surface area contributed by atoms with Crippen molar-refractivity contribution in [1.82, 2.24) is 15.3 Å². The molecule has 1 amide bonds. The number of hydrogen-bond donors (Lipinski definition) is 2. The Kier molecular flexibility index (Phi) is 5.58. The van der Waals surface area contributed by atoms with Gasteiger partial charge in [0, 0.05) is 11.4 Å². The molecule has 2 aromatic heterocycles. The van der Waals surface area contributed by atoms with Crippen LogP contribution in [-0.2, 0) is 11.2 Å². The minimum absolute atomic E-state index is 0.0544. The summed E-state index contributed by atoms with van der Waals surface area (Å²) in [7, 11) is 0. The van der Waals surface area contributed by atoms with Gasteiger partial charge in [0.2, 0.25) is 5.91 Å². The van der Waals surface area contributed by atoms with Crippen LogP contribution in [0.25, 0.3) is 20.7 Å². The van der Waals surface area contributed by atoms with Crippen molar-refractivity contribution in [2.24, 2.45) is 0 Å². The Bertz CT molecular complexity index is 1060. The van der Waals surface area contributed by atoms with Gasteiger partial charge in [-0.3, -0.25) is 4.79 Å². The van der Waals surface area contributed by atoms with Crippen LogP contribution in [0.5, 0.6) is 0 Å². The van der Waals surface area contributed by atoms with Gasteiger partial charge in [0.15, 0.2) is 0 Å². The highest BCUT2D eigenvalue weighted by Crippen LogP contribution is 2.34. The number of carbonyl (C=O) groups excluding carboxylic acids is 1. The summed E-state index contributed by atoms with van der Waals surface area (Å²) in [5.74, 6) is 0.628. The van der Waals surface area contributed by atoms with Gasteiger partial charge in [0.1, 0.15) is 17.0 Å². The van der Waals surface area contributed by atoms with Crippen LogP contribution in [0.1, 0.15) is 5.56 Å². The average molecular weight is 388 g/mol. The highest BCUT2D eigenvalue weighted by atomic mass is 32.1. The van der Waals surface area contributed by atoms with Crippen molar-refractivity contribution in [1.29, 1.82) is 0 Å². The van der Waals surface area contributed by atoms with E-state index in [9.17, 15) is 4.79 Å². The molecule has 2 aromatic carbocycles. The van der Waals surface area contributed by atoms with Crippen molar-refractivity contribution in [3.8, 4) is 10.4 Å². The Morgan fingerprint density at radius 3 is 2.50 bits per heavy atom. The van der Waals surface area contributed by atoms with Crippen molar-refractivity contribution >= 4 is 33.3 Å². The topological polar surface area (TPSA) is 66.9 Å². The molecule has 4 aromatic rings. The van der Waals surface area contributed by atoms with Gasteiger partial charge in [0.25, 0.3) is 0 Å². The number of benzene rings is 2. The molecule has 0 saturated heterocycles. The molecule has 140 valence electrons. The third kappa shape index (κ3) is 4.35. The third-order valence-electron chi connectivity index (χ3n) is 4.38. The SMILES string of the molecule is O=C(CNc1ncnc2sc(-c3ccccc3)cc12)NCCc1ccccc1. The Labute approximate surface area is 167 Å². The van der Waals surface area contributed by atoms with Gasteiger partial charge >= 0.3 is 0 Å². The second-order valence-corrected chi connectivity index (χ2v) is 7.39. The first-order chi connectivity index (χ1) is 13.8. The molecule has 0 fully saturated rings. The van der Waals surface area contributed by atoms with Crippen LogP contribution in [0.15, 0.2) is 73.1 Å². The molecule has 2 heterocycles. The Balaban J connectivity index is 1.38. The number of rotatable bonds is 7. The molecular weight excluding hydrogens is 368 g/mol. The zero-order valence-electron chi connectivity index (χ0n) is 15.3. The van der Waals surface area contributed by atoms with E-state index in [0.29, 0.717) is 12.4 Å². The predicted octanol–water partition coefficient (Wildman–Crippen LogP) is 4.13. The second-order valence-electron chi connectivity index (χ2n) is 6.36. The first-order valence-electron chi connectivity index (χ1n) is 9.14. The fourth-order valence-corrected chi connectivity index (χ4v) is 3.96. The monoisotopic (exact) mass is 388 g/mol. The first-order valence-corrected chi connectivity index (χ1v) is 9.96. The maximum atomic E-state index is 12.2. The summed E-state index contributed by atoms with van der Waals surface area (Å²) in [6.07, 6.45) is 2.35. The van der Waals surface area contributed by atoms with Crippen molar-refractivity contribution in [3.05, 3.63) is 78.6 Å². The van der Waals surface area contributed by atoms with Crippen molar-refractivity contribution in [2.45, 2.75) is 6.42 Å². The molecule has 0 aliphatic heterocycles. The Morgan fingerprint density at radius 2 is 1.71 bits per heavy atom. The molecule has 2 N–H and O–H groups in total. The summed E-state index contributed by atoms with van der Waals surface area (Å²) in [6.45, 7) is 0.789. The van der Waals surface area contributed by atoms with Crippen LogP contribution >= 0.6 is 11.3 Å². The quantitative estimate of drug-likeness (QED) is 0.500. The molecule has 0 radical (unpaired) electrons. The largest absolute Gasteiger partial charge is 0.360 e. The highest BCUT2D eigenvalue weighted by Gasteiger charge is 2.11. The van der Waals surface area contributed by atoms with E-state index in [2.05, 4.69) is 50.9 Å². The zero-order valence-corrected chi connectivity index (χ0v) is 16.1. The van der Waals surface area contributed by atoms with Crippen LogP contribution < -0.4 is 10.6 Å². The molecule has 0 bridgehead atoms. The number of thiophene rings is 1. The summed E-state index contributed by atoms with van der Waals surface area (Å²) in [6, 6.07) is 22.4. The van der Waals surface area contributed by atoms with Crippen molar-refractivity contribution < 1.29 is 4.79 Å². The maximum Gasteiger partial charge on any atom is 0.239 e. The summed E-state index contributed by atoms with van der Waals surface area (Å²) in [4.78, 5) is 22.9. The summed E-state index contributed by atoms with van der Waals surface area (Å²) in [5, 5.41) is 7.02. The van der Waals surface area contributed by atoms with Gasteiger partial charge in [-0.2, -0.15) is 0 Å². The number of amides is 1. The fourth-order valence-electron chi connectivity index (χ4n) is 2.96. The minimum Gasteiger partial charge on any atom is -0.360 e. The molecular formula is C22H20N4OS. The molecule has 0 aliphatic rings. The van der Waals surface area contributed by atoms with E-state index >= 15 is 0 Å². The molecule has 6 heteroatoms. The summed E-state index contributed by atoms with van der Waals surface area (Å²) < 4.78 is 0. The number of fused-ring (bicyclic) bond motifs is 1. The van der Waals surface area contributed by atoms with Gasteiger partial charge in [-0.25, -0.2) is 9.97 Å². The minimum atomic E-state index is -0.0544. The van der Waals surface area contributed by atoms with E-state index in [1.165, 1.54) is 11.9 Å². The Hall–Kier alpha value is -3.25. The normalized spacial score (nSPS) is 10.7. The van der Waals surface area contributed by atoms with Crippen molar-refractivity contribution in [2.75, 3.05) is 18.4 Å². The molecule has 0 atom stereocenters. The highest BCUT2D eigenvalue weighted by molar-refractivity contribution is 7.21. The van der Waals surface area contributed by atoms with Gasteiger partial charge < -0.3 is 10.6 Å². The standard InChI is InChI=1S/C22H20N4OS/c27-20(23-12-11-16-7-3-1-4-8-16)14-24-21-18-13-19(17-9-5-2-6-10-17)28-22(18)26-15-25-21/h1-10,13,15H,11-12,14H2,(H,23,27)(H,24,25,26). The van der Waals surface area contributed by atoms with E-state index < -0.39 is 0 Å². The van der Waals surface area contributed by atoms with Crippen molar-refractivity contribution in [3.63, 3.8) is 0 Å². The van der Waals surface area contributed by atoms with Crippen LogP contribution in [0.4, 0.5) is 5.82 Å². The third-order valence-corrected chi connectivity index (χ3v) is 5.47. The predicted molar refractivity (Wildman–Crippen MR) is 114 cm³/mol. The Morgan fingerprint density at radius 1 is 0.964 bits per heavy atom. The van der Waals surface area contributed by atoms with Crippen LogP contribution in [-0.4, -0.2) is 29.0 Å². The molecule has 0 spiro atoms. The van der Waals surface area contributed by atoms with E-state index in [0.717, 1.165) is 27.1 Å². The lowest BCUT2D eigenvalue weighted by atomic mass is 10.1. The van der Waals surface area contributed by atoms with E-state index in [4.69, 9.17) is 0 Å². The number of carbonyl (C=O) groups is 1. The number of aromatic nitrogens is 2. The number of nitrogens with zero attached hydrogens (tertiary/aromatic N) is 2. The average Bonchev–Trinajstić information content (AvgIpc) is 3.19. The van der Waals surface area contributed by atoms with Crippen LogP contribution in [0.2, 0.25) is 0 Å². The molecule has 0 unspecified atom stereocenters. The summed E-state index contributed by atoms with van der Waals surface area (Å²) >= 11 is 1.62. The number of nitrogens with one attached hydrogen (secondary N) is 2. The zero-order chi connectivity index (χ0) is 19.2. The molecule has 28 heavy (non-hydrogen) atoms. The molecule has 0 saturated carbocycles. The number of anilines is 1. The van der Waals surface area contributed by atoms with Crippen LogP contribution in [0.3, 0.4) is 0 Å². The summed E-state index contributed by atoms with van der Waals surface area (Å²) in [5.41, 5.74) is 2.36. The molecule has 4 rings (SSSR count). The smallest absolute Gasteiger partial charge is 0.239 e. The van der Waals surface area contributed by atoms with Gasteiger partial charge in [-0.15, -0.1) is 11.3 Å². The lowest BCUT2D eigenvalue weighted by Gasteiger charge is -2.08. The van der Waals surface area contributed by atoms with E-state index in [1.54, 1.807) is 11.3 Å². The fraction of sp³-hybridized carbons (Fsp3) is 0.136. The van der Waals surface area contributed by atoms with Gasteiger partial charge in [-0.1, -0.05) is 60.7 Å². The lowest BCUT2D eigenvalue weighted by Crippen LogP contribution is -2.31. The molecule has 0 aliphatic carbocycles. The number of hydrogen-bond acceptors (Lipinski definition) is 5. The lowest BCUT2D eigenvalue weighted by molar-refractivity contribution is -0.119.